The molecule has 2 aromatic rings. The van der Waals surface area contributed by atoms with E-state index in [9.17, 15) is 13.9 Å². The third kappa shape index (κ3) is 3.39. The van der Waals surface area contributed by atoms with Crippen LogP contribution in [0.3, 0.4) is 0 Å². The van der Waals surface area contributed by atoms with Gasteiger partial charge in [0.05, 0.1) is 17.1 Å². The van der Waals surface area contributed by atoms with Crippen molar-refractivity contribution < 1.29 is 18.6 Å². The molecule has 2 rings (SSSR count). The minimum Gasteiger partial charge on any atom is -0.495 e. The molecule has 2 aromatic carbocycles. The number of aliphatic hydroxyl groups excluding tert-OH is 1. The molecule has 0 aliphatic carbocycles. The molecule has 0 heterocycles. The SMILES string of the molecule is COc1c(Br)cc(Cl)cc1C(O)c1c(F)cc(Br)cc1F. The highest BCUT2D eigenvalue weighted by Crippen LogP contribution is 2.39. The molecular formula is C14H9Br2ClF2O2. The van der Waals surface area contributed by atoms with Crippen LogP contribution in [0.5, 0.6) is 5.75 Å². The van der Waals surface area contributed by atoms with Gasteiger partial charge >= 0.3 is 0 Å². The second-order valence-corrected chi connectivity index (χ2v) is 6.40. The maximum atomic E-state index is 14.0. The van der Waals surface area contributed by atoms with Gasteiger partial charge in [0.15, 0.2) is 0 Å². The van der Waals surface area contributed by atoms with E-state index in [2.05, 4.69) is 31.9 Å². The van der Waals surface area contributed by atoms with Gasteiger partial charge < -0.3 is 9.84 Å². The number of ether oxygens (including phenoxy) is 1. The van der Waals surface area contributed by atoms with E-state index in [1.54, 1.807) is 6.07 Å². The summed E-state index contributed by atoms with van der Waals surface area (Å²) in [5, 5.41) is 10.7. The first kappa shape index (κ1) is 16.7. The highest BCUT2D eigenvalue weighted by atomic mass is 79.9. The number of rotatable bonds is 3. The summed E-state index contributed by atoms with van der Waals surface area (Å²) >= 11 is 12.1. The van der Waals surface area contributed by atoms with E-state index in [0.29, 0.717) is 9.50 Å². The van der Waals surface area contributed by atoms with E-state index in [0.717, 1.165) is 12.1 Å². The minimum atomic E-state index is -1.55. The molecule has 21 heavy (non-hydrogen) atoms. The lowest BCUT2D eigenvalue weighted by Gasteiger charge is -2.18. The second kappa shape index (κ2) is 6.60. The fraction of sp³-hybridized carbons (Fsp3) is 0.143. The highest BCUT2D eigenvalue weighted by Gasteiger charge is 2.25. The van der Waals surface area contributed by atoms with Crippen molar-refractivity contribution in [1.82, 2.24) is 0 Å². The van der Waals surface area contributed by atoms with Gasteiger partial charge in [-0.05, 0) is 40.2 Å². The maximum Gasteiger partial charge on any atom is 0.139 e. The van der Waals surface area contributed by atoms with Crippen LogP contribution in [0.4, 0.5) is 8.78 Å². The van der Waals surface area contributed by atoms with Crippen molar-refractivity contribution in [3.63, 3.8) is 0 Å². The molecule has 0 saturated carbocycles. The number of methoxy groups -OCH3 is 1. The quantitative estimate of drug-likeness (QED) is 0.705. The van der Waals surface area contributed by atoms with Gasteiger partial charge in [0.1, 0.15) is 23.5 Å². The van der Waals surface area contributed by atoms with Crippen molar-refractivity contribution >= 4 is 43.5 Å². The van der Waals surface area contributed by atoms with Crippen LogP contribution in [0.15, 0.2) is 33.2 Å². The van der Waals surface area contributed by atoms with Crippen molar-refractivity contribution in [2.24, 2.45) is 0 Å². The summed E-state index contributed by atoms with van der Waals surface area (Å²) in [6, 6.07) is 5.11. The molecular weight excluding hydrogens is 433 g/mol. The fourth-order valence-electron chi connectivity index (χ4n) is 1.97. The van der Waals surface area contributed by atoms with Gasteiger partial charge in [0.2, 0.25) is 0 Å². The Bertz CT molecular complexity index is 672. The topological polar surface area (TPSA) is 29.5 Å². The highest BCUT2D eigenvalue weighted by molar-refractivity contribution is 9.10. The Hall–Kier alpha value is -0.690. The molecule has 0 bridgehead atoms. The van der Waals surface area contributed by atoms with E-state index in [1.807, 2.05) is 0 Å². The average Bonchev–Trinajstić information content (AvgIpc) is 2.36. The van der Waals surface area contributed by atoms with Gasteiger partial charge in [-0.25, -0.2) is 8.78 Å². The maximum absolute atomic E-state index is 14.0. The van der Waals surface area contributed by atoms with E-state index >= 15 is 0 Å². The molecule has 0 amide bonds. The number of halogens is 5. The van der Waals surface area contributed by atoms with Crippen LogP contribution in [0.2, 0.25) is 5.02 Å². The molecule has 0 aliphatic rings. The average molecular weight is 442 g/mol. The Morgan fingerprint density at radius 3 is 2.24 bits per heavy atom. The van der Waals surface area contributed by atoms with E-state index in [1.165, 1.54) is 13.2 Å². The Labute approximate surface area is 141 Å². The Morgan fingerprint density at radius 2 is 1.71 bits per heavy atom. The van der Waals surface area contributed by atoms with Gasteiger partial charge in [-0.15, -0.1) is 0 Å². The third-order valence-corrected chi connectivity index (χ3v) is 4.12. The van der Waals surface area contributed by atoms with Crippen LogP contribution < -0.4 is 4.74 Å². The van der Waals surface area contributed by atoms with Gasteiger partial charge in [0.25, 0.3) is 0 Å². The van der Waals surface area contributed by atoms with Gasteiger partial charge in [-0.3, -0.25) is 0 Å². The molecule has 1 unspecified atom stereocenters. The predicted octanol–water partition coefficient (Wildman–Crippen LogP) is 5.23. The van der Waals surface area contributed by atoms with E-state index < -0.39 is 23.3 Å². The molecule has 112 valence electrons. The molecule has 1 atom stereocenters. The van der Waals surface area contributed by atoms with Crippen LogP contribution in [0.1, 0.15) is 17.2 Å². The second-order valence-electron chi connectivity index (χ2n) is 4.20. The molecule has 0 aromatic heterocycles. The molecule has 0 fully saturated rings. The molecule has 0 spiro atoms. The molecule has 0 radical (unpaired) electrons. The smallest absolute Gasteiger partial charge is 0.139 e. The third-order valence-electron chi connectivity index (χ3n) is 2.85. The number of benzene rings is 2. The normalized spacial score (nSPS) is 12.3. The molecule has 0 aliphatic heterocycles. The van der Waals surface area contributed by atoms with Crippen molar-refractivity contribution in [2.45, 2.75) is 6.10 Å². The lowest BCUT2D eigenvalue weighted by atomic mass is 9.99. The minimum absolute atomic E-state index is 0.164. The lowest BCUT2D eigenvalue weighted by Crippen LogP contribution is -2.08. The van der Waals surface area contributed by atoms with Gasteiger partial charge in [-0.1, -0.05) is 27.5 Å². The van der Waals surface area contributed by atoms with Gasteiger partial charge in [-0.2, -0.15) is 0 Å². The first-order valence-corrected chi connectivity index (χ1v) is 7.67. The van der Waals surface area contributed by atoms with Crippen molar-refractivity contribution in [3.8, 4) is 5.75 Å². The van der Waals surface area contributed by atoms with Crippen LogP contribution in [-0.4, -0.2) is 12.2 Å². The number of hydrogen-bond donors (Lipinski definition) is 1. The van der Waals surface area contributed by atoms with Crippen molar-refractivity contribution in [1.29, 1.82) is 0 Å². The first-order valence-electron chi connectivity index (χ1n) is 5.70. The standard InChI is InChI=1S/C14H9Br2ClF2O2/c1-21-14-8(4-7(17)5-9(14)16)13(20)12-10(18)2-6(15)3-11(12)19/h2-5,13,20H,1H3. The number of aliphatic hydroxyl groups is 1. The zero-order valence-electron chi connectivity index (χ0n) is 10.6. The number of hydrogen-bond acceptors (Lipinski definition) is 2. The zero-order valence-corrected chi connectivity index (χ0v) is 14.6. The molecule has 1 N–H and O–H groups in total. The van der Waals surface area contributed by atoms with Gasteiger partial charge in [0, 0.05) is 15.1 Å². The lowest BCUT2D eigenvalue weighted by molar-refractivity contribution is 0.203. The summed E-state index contributed by atoms with van der Waals surface area (Å²) in [7, 11) is 1.39. The summed E-state index contributed by atoms with van der Waals surface area (Å²) in [6.45, 7) is 0. The summed E-state index contributed by atoms with van der Waals surface area (Å²) in [4.78, 5) is 0. The fourth-order valence-corrected chi connectivity index (χ4v) is 3.37. The Kier molecular flexibility index (Phi) is 5.24. The molecule has 7 heteroatoms. The molecule has 0 saturated heterocycles. The van der Waals surface area contributed by atoms with Crippen LogP contribution in [0, 0.1) is 11.6 Å². The van der Waals surface area contributed by atoms with Crippen LogP contribution >= 0.6 is 43.5 Å². The zero-order chi connectivity index (χ0) is 15.7. The summed E-state index contributed by atoms with van der Waals surface area (Å²) in [6.07, 6.45) is -1.55. The van der Waals surface area contributed by atoms with E-state index in [-0.39, 0.29) is 15.8 Å². The monoisotopic (exact) mass is 440 g/mol. The van der Waals surface area contributed by atoms with Crippen LogP contribution in [0.25, 0.3) is 0 Å². The summed E-state index contributed by atoms with van der Waals surface area (Å²) in [5.41, 5.74) is -0.303. The molecule has 2 nitrogen and oxygen atoms in total. The summed E-state index contributed by atoms with van der Waals surface area (Å²) in [5.74, 6) is -1.48. The Morgan fingerprint density at radius 1 is 1.14 bits per heavy atom. The van der Waals surface area contributed by atoms with Crippen molar-refractivity contribution in [2.75, 3.05) is 7.11 Å². The van der Waals surface area contributed by atoms with Crippen molar-refractivity contribution in [3.05, 3.63) is 61.0 Å². The summed E-state index contributed by atoms with van der Waals surface area (Å²) < 4.78 is 33.8. The van der Waals surface area contributed by atoms with Crippen LogP contribution in [-0.2, 0) is 0 Å². The largest absolute Gasteiger partial charge is 0.495 e. The first-order chi connectivity index (χ1) is 9.85. The van der Waals surface area contributed by atoms with E-state index in [4.69, 9.17) is 16.3 Å². The Balaban J connectivity index is 2.63. The predicted molar refractivity (Wildman–Crippen MR) is 83.8 cm³/mol.